The zero-order chi connectivity index (χ0) is 28.8. The molecule has 39 heavy (non-hydrogen) atoms. The van der Waals surface area contributed by atoms with E-state index in [0.29, 0.717) is 12.3 Å². The molecule has 0 spiro atoms. The molecule has 0 aromatic carbocycles. The average Bonchev–Trinajstić information content (AvgIpc) is 2.92. The number of carboxylic acid groups (broad SMARTS) is 1. The third-order valence-corrected chi connectivity index (χ3v) is 8.56. The Balaban J connectivity index is 0.00000152. The number of carbonyl (C=O) groups is 1. The summed E-state index contributed by atoms with van der Waals surface area (Å²) in [6.07, 6.45) is 35.5. The Labute approximate surface area is 244 Å². The van der Waals surface area contributed by atoms with Gasteiger partial charge in [-0.3, -0.25) is 4.79 Å². The van der Waals surface area contributed by atoms with Gasteiger partial charge in [0.25, 0.3) is 0 Å². The predicted octanol–water partition coefficient (Wildman–Crippen LogP) is 10.8. The molecule has 0 aromatic heterocycles. The van der Waals surface area contributed by atoms with Crippen LogP contribution < -0.4 is 0 Å². The lowest BCUT2D eigenvalue weighted by molar-refractivity contribution is -0.138. The summed E-state index contributed by atoms with van der Waals surface area (Å²) in [6.45, 7) is 4.55. The van der Waals surface area contributed by atoms with E-state index in [1.165, 1.54) is 141 Å². The van der Waals surface area contributed by atoms with Crippen molar-refractivity contribution in [1.29, 1.82) is 0 Å². The van der Waals surface area contributed by atoms with E-state index in [1.54, 1.807) is 0 Å². The van der Waals surface area contributed by atoms with Crippen molar-refractivity contribution in [2.45, 2.75) is 212 Å². The molecule has 0 aromatic rings. The molecule has 1 fully saturated rings. The maximum atomic E-state index is 11.2. The van der Waals surface area contributed by atoms with Gasteiger partial charge in [-0.25, -0.2) is 0 Å². The summed E-state index contributed by atoms with van der Waals surface area (Å²) in [7, 11) is 0. The van der Waals surface area contributed by atoms with Gasteiger partial charge in [0.2, 0.25) is 0 Å². The first-order valence-corrected chi connectivity index (χ1v) is 17.6. The first-order chi connectivity index (χ1) is 19.0. The van der Waals surface area contributed by atoms with E-state index in [-0.39, 0.29) is 12.2 Å². The molecule has 0 saturated heterocycles. The number of aliphatic hydroxyl groups excluding tert-OH is 2. The lowest BCUT2D eigenvalue weighted by Crippen LogP contribution is -2.21. The second-order valence-electron chi connectivity index (χ2n) is 12.6. The van der Waals surface area contributed by atoms with Crippen LogP contribution >= 0.6 is 0 Å². The van der Waals surface area contributed by atoms with Crippen LogP contribution in [-0.4, -0.2) is 33.5 Å². The molecular weight excluding hydrogens is 484 g/mol. The molecule has 0 heterocycles. The van der Waals surface area contributed by atoms with E-state index in [9.17, 15) is 9.90 Å². The zero-order valence-corrected chi connectivity index (χ0v) is 26.5. The number of rotatable bonds is 26. The van der Waals surface area contributed by atoms with Crippen LogP contribution in [0.1, 0.15) is 200 Å². The molecule has 4 nitrogen and oxygen atoms in total. The standard InChI is InChI=1S/C29H58O2.C6H12O2/c1-3-5-7-9-11-13-15-16-18-20-22-24-26-28(27-29(30)31)25-23-21-19-17-14-12-10-8-6-4-2;7-5-1-2-6(8)4-3-5/h28H,3-27H2,1-2H3,(H,30,31);5-8H,1-4H2. The molecule has 0 bridgehead atoms. The van der Waals surface area contributed by atoms with E-state index in [4.69, 9.17) is 10.2 Å². The van der Waals surface area contributed by atoms with Crippen LogP contribution in [-0.2, 0) is 4.79 Å². The summed E-state index contributed by atoms with van der Waals surface area (Å²) in [6, 6.07) is 0. The van der Waals surface area contributed by atoms with E-state index in [0.717, 1.165) is 38.5 Å². The maximum Gasteiger partial charge on any atom is 0.303 e. The smallest absolute Gasteiger partial charge is 0.303 e. The number of unbranched alkanes of at least 4 members (excludes halogenated alkanes) is 20. The fourth-order valence-electron chi connectivity index (χ4n) is 5.85. The molecule has 1 atom stereocenters. The van der Waals surface area contributed by atoms with Gasteiger partial charge in [0.15, 0.2) is 0 Å². The Morgan fingerprint density at radius 1 is 0.513 bits per heavy atom. The van der Waals surface area contributed by atoms with Crippen LogP contribution in [0.3, 0.4) is 0 Å². The van der Waals surface area contributed by atoms with Crippen molar-refractivity contribution in [2.24, 2.45) is 5.92 Å². The minimum atomic E-state index is -0.601. The molecule has 1 saturated carbocycles. The lowest BCUT2D eigenvalue weighted by Gasteiger charge is -2.20. The highest BCUT2D eigenvalue weighted by Gasteiger charge is 2.16. The van der Waals surface area contributed by atoms with Crippen LogP contribution in [0, 0.1) is 5.92 Å². The molecule has 0 amide bonds. The van der Waals surface area contributed by atoms with Crippen LogP contribution in [0.2, 0.25) is 0 Å². The molecule has 1 rings (SSSR count). The number of hydrogen-bond donors (Lipinski definition) is 3. The van der Waals surface area contributed by atoms with Gasteiger partial charge in [0, 0.05) is 6.42 Å². The van der Waals surface area contributed by atoms with Crippen molar-refractivity contribution in [1.82, 2.24) is 0 Å². The van der Waals surface area contributed by atoms with Crippen molar-refractivity contribution in [2.75, 3.05) is 0 Å². The number of aliphatic carboxylic acids is 1. The molecular formula is C35H70O4. The van der Waals surface area contributed by atoms with Gasteiger partial charge in [-0.1, -0.05) is 155 Å². The van der Waals surface area contributed by atoms with Crippen molar-refractivity contribution < 1.29 is 20.1 Å². The highest BCUT2D eigenvalue weighted by Crippen LogP contribution is 2.23. The van der Waals surface area contributed by atoms with Gasteiger partial charge < -0.3 is 15.3 Å². The van der Waals surface area contributed by atoms with E-state index >= 15 is 0 Å². The summed E-state index contributed by atoms with van der Waals surface area (Å²) < 4.78 is 0. The fraction of sp³-hybridized carbons (Fsp3) is 0.971. The minimum absolute atomic E-state index is 0.140. The SMILES string of the molecule is CCCCCCCCCCCCCCC(CCCCCCCCCCCC)CC(=O)O.OC1CCC(O)CC1. The number of hydrogen-bond acceptors (Lipinski definition) is 3. The Bertz CT molecular complexity index is 477. The lowest BCUT2D eigenvalue weighted by atomic mass is 9.91. The highest BCUT2D eigenvalue weighted by molar-refractivity contribution is 5.66. The van der Waals surface area contributed by atoms with Gasteiger partial charge in [0.05, 0.1) is 12.2 Å². The summed E-state index contributed by atoms with van der Waals surface area (Å²) in [5.41, 5.74) is 0. The van der Waals surface area contributed by atoms with Gasteiger partial charge in [-0.15, -0.1) is 0 Å². The van der Waals surface area contributed by atoms with Crippen molar-refractivity contribution in [3.63, 3.8) is 0 Å². The number of aliphatic hydroxyl groups is 2. The Kier molecular flexibility index (Phi) is 29.9. The third kappa shape index (κ3) is 30.2. The highest BCUT2D eigenvalue weighted by atomic mass is 16.4. The van der Waals surface area contributed by atoms with Crippen molar-refractivity contribution in [3.05, 3.63) is 0 Å². The Morgan fingerprint density at radius 3 is 1.03 bits per heavy atom. The monoisotopic (exact) mass is 555 g/mol. The summed E-state index contributed by atoms with van der Waals surface area (Å²) in [5, 5.41) is 27.1. The summed E-state index contributed by atoms with van der Waals surface area (Å²) in [4.78, 5) is 11.2. The molecule has 0 aliphatic heterocycles. The van der Waals surface area contributed by atoms with Crippen molar-refractivity contribution in [3.8, 4) is 0 Å². The Morgan fingerprint density at radius 2 is 0.769 bits per heavy atom. The van der Waals surface area contributed by atoms with Gasteiger partial charge in [0.1, 0.15) is 0 Å². The topological polar surface area (TPSA) is 77.8 Å². The molecule has 4 heteroatoms. The summed E-state index contributed by atoms with van der Waals surface area (Å²) >= 11 is 0. The molecule has 234 valence electrons. The quantitative estimate of drug-likeness (QED) is 0.0929. The number of carboxylic acids is 1. The normalized spacial score (nSPS) is 17.9. The van der Waals surface area contributed by atoms with Gasteiger partial charge in [-0.2, -0.15) is 0 Å². The van der Waals surface area contributed by atoms with Gasteiger partial charge >= 0.3 is 5.97 Å². The van der Waals surface area contributed by atoms with Crippen LogP contribution in [0.5, 0.6) is 0 Å². The fourth-order valence-corrected chi connectivity index (χ4v) is 5.85. The summed E-state index contributed by atoms with van der Waals surface area (Å²) in [5.74, 6) is -0.189. The first kappa shape index (κ1) is 38.4. The molecule has 1 unspecified atom stereocenters. The van der Waals surface area contributed by atoms with Crippen LogP contribution in [0.15, 0.2) is 0 Å². The molecule has 3 N–H and O–H groups in total. The zero-order valence-electron chi connectivity index (χ0n) is 26.5. The van der Waals surface area contributed by atoms with E-state index < -0.39 is 5.97 Å². The van der Waals surface area contributed by atoms with E-state index in [1.807, 2.05) is 0 Å². The van der Waals surface area contributed by atoms with Gasteiger partial charge in [-0.05, 0) is 44.4 Å². The molecule has 1 aliphatic carbocycles. The largest absolute Gasteiger partial charge is 0.481 e. The average molecular weight is 555 g/mol. The second-order valence-corrected chi connectivity index (χ2v) is 12.6. The predicted molar refractivity (Wildman–Crippen MR) is 168 cm³/mol. The Hall–Kier alpha value is -0.610. The van der Waals surface area contributed by atoms with Crippen LogP contribution in [0.4, 0.5) is 0 Å². The van der Waals surface area contributed by atoms with E-state index in [2.05, 4.69) is 13.8 Å². The second kappa shape index (κ2) is 30.4. The molecule has 1 aliphatic rings. The maximum absolute atomic E-state index is 11.2. The first-order valence-electron chi connectivity index (χ1n) is 17.6. The van der Waals surface area contributed by atoms with Crippen molar-refractivity contribution >= 4 is 5.97 Å². The minimum Gasteiger partial charge on any atom is -0.481 e. The molecule has 0 radical (unpaired) electrons. The van der Waals surface area contributed by atoms with Crippen LogP contribution in [0.25, 0.3) is 0 Å². The third-order valence-electron chi connectivity index (χ3n) is 8.56.